The van der Waals surface area contributed by atoms with Crippen molar-refractivity contribution in [3.05, 3.63) is 41.3 Å². The summed E-state index contributed by atoms with van der Waals surface area (Å²) in [5.41, 5.74) is 3.25. The number of nitrogens with zero attached hydrogens (tertiary/aromatic N) is 1. The van der Waals surface area contributed by atoms with Crippen molar-refractivity contribution < 1.29 is 14.3 Å². The van der Waals surface area contributed by atoms with E-state index in [-0.39, 0.29) is 12.2 Å². The Morgan fingerprint density at radius 3 is 2.67 bits per heavy atom. The number of carbonyl (C=O) groups is 1. The minimum Gasteiger partial charge on any atom is -0.481 e. The molecule has 0 unspecified atom stereocenters. The zero-order valence-electron chi connectivity index (χ0n) is 9.90. The fourth-order valence-electron chi connectivity index (χ4n) is 1.80. The van der Waals surface area contributed by atoms with E-state index >= 15 is 0 Å². The standard InChI is InChI=1S/C13H13FN2O2/c1-8-11(6-7-12(17)18)15-16-13(8)9-2-4-10(14)5-3-9/h2-5H,6-7H2,1H3,(H,15,16)(H,17,18). The second-order valence-corrected chi connectivity index (χ2v) is 4.08. The third-order valence-electron chi connectivity index (χ3n) is 2.82. The van der Waals surface area contributed by atoms with E-state index in [1.54, 1.807) is 12.1 Å². The summed E-state index contributed by atoms with van der Waals surface area (Å²) in [7, 11) is 0. The summed E-state index contributed by atoms with van der Waals surface area (Å²) in [5, 5.41) is 15.6. The quantitative estimate of drug-likeness (QED) is 0.873. The van der Waals surface area contributed by atoms with Crippen molar-refractivity contribution in [1.82, 2.24) is 10.2 Å². The molecule has 1 aromatic heterocycles. The predicted octanol–water partition coefficient (Wildman–Crippen LogP) is 2.54. The number of aromatic amines is 1. The van der Waals surface area contributed by atoms with Gasteiger partial charge in [-0.05, 0) is 43.2 Å². The zero-order chi connectivity index (χ0) is 13.1. The minimum atomic E-state index is -0.840. The number of benzene rings is 1. The van der Waals surface area contributed by atoms with E-state index in [2.05, 4.69) is 10.2 Å². The third-order valence-corrected chi connectivity index (χ3v) is 2.82. The van der Waals surface area contributed by atoms with Gasteiger partial charge >= 0.3 is 5.97 Å². The van der Waals surface area contributed by atoms with Crippen LogP contribution in [0.2, 0.25) is 0 Å². The number of carboxylic acid groups (broad SMARTS) is 1. The molecule has 18 heavy (non-hydrogen) atoms. The lowest BCUT2D eigenvalue weighted by atomic mass is 10.1. The molecule has 1 aromatic carbocycles. The molecule has 0 fully saturated rings. The van der Waals surface area contributed by atoms with Gasteiger partial charge in [0.25, 0.3) is 0 Å². The summed E-state index contributed by atoms with van der Waals surface area (Å²) >= 11 is 0. The predicted molar refractivity (Wildman–Crippen MR) is 64.7 cm³/mol. The largest absolute Gasteiger partial charge is 0.481 e. The molecule has 0 atom stereocenters. The first-order valence-electron chi connectivity index (χ1n) is 5.59. The molecular weight excluding hydrogens is 235 g/mol. The van der Waals surface area contributed by atoms with Crippen LogP contribution < -0.4 is 0 Å². The summed E-state index contributed by atoms with van der Waals surface area (Å²) in [6.07, 6.45) is 0.473. The molecule has 0 amide bonds. The maximum atomic E-state index is 12.8. The number of nitrogens with one attached hydrogen (secondary N) is 1. The van der Waals surface area contributed by atoms with E-state index in [1.807, 2.05) is 6.92 Å². The van der Waals surface area contributed by atoms with Crippen LogP contribution in [0.5, 0.6) is 0 Å². The fourth-order valence-corrected chi connectivity index (χ4v) is 1.80. The summed E-state index contributed by atoms with van der Waals surface area (Å²) in [6, 6.07) is 6.06. The van der Waals surface area contributed by atoms with Gasteiger partial charge in [0.2, 0.25) is 0 Å². The maximum absolute atomic E-state index is 12.8. The van der Waals surface area contributed by atoms with Crippen LogP contribution in [-0.4, -0.2) is 21.3 Å². The van der Waals surface area contributed by atoms with Crippen LogP contribution >= 0.6 is 0 Å². The number of aliphatic carboxylic acids is 1. The topological polar surface area (TPSA) is 66.0 Å². The van der Waals surface area contributed by atoms with Crippen molar-refractivity contribution in [3.63, 3.8) is 0 Å². The molecule has 0 aliphatic carbocycles. The lowest BCUT2D eigenvalue weighted by molar-refractivity contribution is -0.136. The number of halogens is 1. The highest BCUT2D eigenvalue weighted by atomic mass is 19.1. The van der Waals surface area contributed by atoms with Crippen LogP contribution in [0.25, 0.3) is 11.3 Å². The second kappa shape index (κ2) is 5.00. The highest BCUT2D eigenvalue weighted by Crippen LogP contribution is 2.23. The van der Waals surface area contributed by atoms with E-state index in [0.717, 1.165) is 22.5 Å². The Kier molecular flexibility index (Phi) is 3.41. The molecular formula is C13H13FN2O2. The van der Waals surface area contributed by atoms with Crippen molar-refractivity contribution in [2.45, 2.75) is 19.8 Å². The molecule has 94 valence electrons. The number of aromatic nitrogens is 2. The molecule has 2 N–H and O–H groups in total. The molecule has 0 saturated heterocycles. The number of hydrogen-bond acceptors (Lipinski definition) is 2. The van der Waals surface area contributed by atoms with Crippen molar-refractivity contribution >= 4 is 5.97 Å². The summed E-state index contributed by atoms with van der Waals surface area (Å²) < 4.78 is 12.8. The first-order chi connectivity index (χ1) is 8.58. The summed E-state index contributed by atoms with van der Waals surface area (Å²) in [4.78, 5) is 10.5. The number of hydrogen-bond donors (Lipinski definition) is 2. The van der Waals surface area contributed by atoms with Crippen LogP contribution in [-0.2, 0) is 11.2 Å². The molecule has 2 rings (SSSR count). The normalized spacial score (nSPS) is 10.6. The summed E-state index contributed by atoms with van der Waals surface area (Å²) in [5.74, 6) is -1.13. The Labute approximate surface area is 103 Å². The van der Waals surface area contributed by atoms with E-state index < -0.39 is 5.97 Å². The van der Waals surface area contributed by atoms with Crippen molar-refractivity contribution in [1.29, 1.82) is 0 Å². The Morgan fingerprint density at radius 2 is 2.06 bits per heavy atom. The van der Waals surface area contributed by atoms with Gasteiger partial charge in [-0.25, -0.2) is 4.39 Å². The molecule has 2 aromatic rings. The Balaban J connectivity index is 2.25. The second-order valence-electron chi connectivity index (χ2n) is 4.08. The Bertz CT molecular complexity index is 561. The van der Waals surface area contributed by atoms with Crippen LogP contribution in [0, 0.1) is 12.7 Å². The fraction of sp³-hybridized carbons (Fsp3) is 0.231. The van der Waals surface area contributed by atoms with Crippen LogP contribution in [0.3, 0.4) is 0 Å². The molecule has 1 heterocycles. The van der Waals surface area contributed by atoms with Crippen LogP contribution in [0.15, 0.2) is 24.3 Å². The number of rotatable bonds is 4. The number of H-pyrrole nitrogens is 1. The zero-order valence-corrected chi connectivity index (χ0v) is 9.90. The molecule has 0 bridgehead atoms. The molecule has 0 spiro atoms. The van der Waals surface area contributed by atoms with Gasteiger partial charge in [-0.2, -0.15) is 5.10 Å². The van der Waals surface area contributed by atoms with Crippen molar-refractivity contribution in [2.24, 2.45) is 0 Å². The van der Waals surface area contributed by atoms with Gasteiger partial charge in [0.15, 0.2) is 0 Å². The van der Waals surface area contributed by atoms with E-state index in [4.69, 9.17) is 5.11 Å². The van der Waals surface area contributed by atoms with E-state index in [0.29, 0.717) is 6.42 Å². The minimum absolute atomic E-state index is 0.0614. The van der Waals surface area contributed by atoms with Gasteiger partial charge in [0.05, 0.1) is 12.1 Å². The molecule has 0 saturated carbocycles. The Morgan fingerprint density at radius 1 is 1.39 bits per heavy atom. The molecule has 5 heteroatoms. The first kappa shape index (κ1) is 12.3. The lowest BCUT2D eigenvalue weighted by Crippen LogP contribution is -1.98. The molecule has 0 aliphatic heterocycles. The van der Waals surface area contributed by atoms with E-state index in [1.165, 1.54) is 12.1 Å². The molecule has 0 radical (unpaired) electrons. The van der Waals surface area contributed by atoms with E-state index in [9.17, 15) is 9.18 Å². The van der Waals surface area contributed by atoms with Gasteiger partial charge in [0.1, 0.15) is 5.82 Å². The average molecular weight is 248 g/mol. The molecule has 4 nitrogen and oxygen atoms in total. The average Bonchev–Trinajstić information content (AvgIpc) is 2.69. The number of aryl methyl sites for hydroxylation is 1. The lowest BCUT2D eigenvalue weighted by Gasteiger charge is -1.99. The van der Waals surface area contributed by atoms with Gasteiger partial charge in [-0.15, -0.1) is 0 Å². The van der Waals surface area contributed by atoms with Crippen molar-refractivity contribution in [3.8, 4) is 11.3 Å². The van der Waals surface area contributed by atoms with Crippen LogP contribution in [0.1, 0.15) is 17.7 Å². The van der Waals surface area contributed by atoms with Gasteiger partial charge in [-0.1, -0.05) is 0 Å². The van der Waals surface area contributed by atoms with Crippen molar-refractivity contribution in [2.75, 3.05) is 0 Å². The highest BCUT2D eigenvalue weighted by molar-refractivity contribution is 5.68. The van der Waals surface area contributed by atoms with Gasteiger partial charge < -0.3 is 5.11 Å². The van der Waals surface area contributed by atoms with Crippen LogP contribution in [0.4, 0.5) is 4.39 Å². The SMILES string of the molecule is Cc1c(-c2ccc(F)cc2)n[nH]c1CCC(=O)O. The maximum Gasteiger partial charge on any atom is 0.303 e. The first-order valence-corrected chi connectivity index (χ1v) is 5.59. The third kappa shape index (κ3) is 2.56. The summed E-state index contributed by atoms with van der Waals surface area (Å²) in [6.45, 7) is 1.87. The highest BCUT2D eigenvalue weighted by Gasteiger charge is 2.11. The number of carboxylic acids is 1. The molecule has 0 aliphatic rings. The monoisotopic (exact) mass is 248 g/mol. The smallest absolute Gasteiger partial charge is 0.303 e. The Hall–Kier alpha value is -2.17. The van der Waals surface area contributed by atoms with Gasteiger partial charge in [-0.3, -0.25) is 9.89 Å². The van der Waals surface area contributed by atoms with Gasteiger partial charge in [0, 0.05) is 11.3 Å².